The minimum absolute atomic E-state index is 0.0258. The van der Waals surface area contributed by atoms with Crippen LogP contribution in [0.5, 0.6) is 0 Å². The van der Waals surface area contributed by atoms with Gasteiger partial charge in [0.15, 0.2) is 0 Å². The third-order valence-electron chi connectivity index (χ3n) is 1.72. The second-order valence-corrected chi connectivity index (χ2v) is 2.96. The molecule has 1 heterocycles. The zero-order valence-corrected chi connectivity index (χ0v) is 9.06. The molecule has 0 bridgehead atoms. The molecular weight excluding hydrogens is 206 g/mol. The van der Waals surface area contributed by atoms with Crippen molar-refractivity contribution in [2.75, 3.05) is 13.2 Å². The summed E-state index contributed by atoms with van der Waals surface area (Å²) in [5.74, 6) is 5.16. The van der Waals surface area contributed by atoms with Gasteiger partial charge in [0.25, 0.3) is 0 Å². The summed E-state index contributed by atoms with van der Waals surface area (Å²) in [7, 11) is 0. The second kappa shape index (κ2) is 6.59. The first-order valence-corrected chi connectivity index (χ1v) is 4.99. The van der Waals surface area contributed by atoms with Crippen molar-refractivity contribution in [2.24, 2.45) is 0 Å². The largest absolute Gasteiger partial charge is 0.462 e. The predicted octanol–water partition coefficient (Wildman–Crippen LogP) is 0.992. The monoisotopic (exact) mass is 219 g/mol. The molecule has 0 aromatic carbocycles. The van der Waals surface area contributed by atoms with Crippen molar-refractivity contribution >= 4 is 5.97 Å². The molecule has 0 aliphatic carbocycles. The Bertz CT molecular complexity index is 418. The first kappa shape index (κ1) is 12.2. The molecule has 1 N–H and O–H groups in total. The van der Waals surface area contributed by atoms with Crippen molar-refractivity contribution in [3.8, 4) is 11.8 Å². The van der Waals surface area contributed by atoms with E-state index in [9.17, 15) is 4.79 Å². The minimum atomic E-state index is -0.402. The van der Waals surface area contributed by atoms with Crippen LogP contribution in [0.4, 0.5) is 0 Å². The van der Waals surface area contributed by atoms with E-state index in [1.54, 1.807) is 19.2 Å². The molecule has 0 spiro atoms. The van der Waals surface area contributed by atoms with Crippen LogP contribution in [0.15, 0.2) is 18.5 Å². The van der Waals surface area contributed by atoms with E-state index in [1.807, 2.05) is 0 Å². The number of nitrogens with zero attached hydrogens (tertiary/aromatic N) is 1. The molecule has 0 saturated carbocycles. The standard InChI is InChI=1S/C12H13NO3/c1-2-16-12(15)11-7-10(8-13-9-11)5-3-4-6-14/h7-9,14H,2,4,6H2,1H3. The predicted molar refractivity (Wildman–Crippen MR) is 58.8 cm³/mol. The lowest BCUT2D eigenvalue weighted by atomic mass is 10.2. The van der Waals surface area contributed by atoms with Gasteiger partial charge in [0.2, 0.25) is 0 Å². The molecule has 16 heavy (non-hydrogen) atoms. The highest BCUT2D eigenvalue weighted by atomic mass is 16.5. The van der Waals surface area contributed by atoms with Gasteiger partial charge in [-0.3, -0.25) is 4.98 Å². The second-order valence-electron chi connectivity index (χ2n) is 2.96. The maximum Gasteiger partial charge on any atom is 0.339 e. The third kappa shape index (κ3) is 3.71. The van der Waals surface area contributed by atoms with Crippen LogP contribution in [0.3, 0.4) is 0 Å². The number of carbonyl (C=O) groups is 1. The molecule has 0 saturated heterocycles. The molecule has 0 radical (unpaired) electrons. The normalized spacial score (nSPS) is 9.12. The average Bonchev–Trinajstić information content (AvgIpc) is 2.30. The molecule has 0 aliphatic rings. The van der Waals surface area contributed by atoms with E-state index in [1.165, 1.54) is 6.20 Å². The molecule has 0 unspecified atom stereocenters. The van der Waals surface area contributed by atoms with Crippen LogP contribution in [0, 0.1) is 11.8 Å². The Balaban J connectivity index is 2.79. The van der Waals surface area contributed by atoms with Gasteiger partial charge in [-0.25, -0.2) is 4.79 Å². The van der Waals surface area contributed by atoms with Gasteiger partial charge in [0.05, 0.1) is 18.8 Å². The lowest BCUT2D eigenvalue weighted by molar-refractivity contribution is 0.0526. The Morgan fingerprint density at radius 3 is 3.06 bits per heavy atom. The number of esters is 1. The average molecular weight is 219 g/mol. The summed E-state index contributed by atoms with van der Waals surface area (Å²) in [6.07, 6.45) is 3.41. The van der Waals surface area contributed by atoms with Gasteiger partial charge in [0, 0.05) is 24.4 Å². The van der Waals surface area contributed by atoms with E-state index in [2.05, 4.69) is 16.8 Å². The van der Waals surface area contributed by atoms with Gasteiger partial charge in [0.1, 0.15) is 0 Å². The quantitative estimate of drug-likeness (QED) is 0.608. The fraction of sp³-hybridized carbons (Fsp3) is 0.333. The number of hydrogen-bond donors (Lipinski definition) is 1. The summed E-state index contributed by atoms with van der Waals surface area (Å²) in [4.78, 5) is 15.3. The van der Waals surface area contributed by atoms with Crippen LogP contribution in [0.25, 0.3) is 0 Å². The van der Waals surface area contributed by atoms with Crippen molar-refractivity contribution in [2.45, 2.75) is 13.3 Å². The summed E-state index contributed by atoms with van der Waals surface area (Å²) in [5.41, 5.74) is 1.02. The summed E-state index contributed by atoms with van der Waals surface area (Å²) >= 11 is 0. The fourth-order valence-corrected chi connectivity index (χ4v) is 1.05. The maximum atomic E-state index is 11.4. The molecule has 0 aliphatic heterocycles. The smallest absolute Gasteiger partial charge is 0.339 e. The molecule has 1 rings (SSSR count). The summed E-state index contributed by atoms with van der Waals surface area (Å²) in [6.45, 7) is 2.10. The van der Waals surface area contributed by atoms with Gasteiger partial charge >= 0.3 is 5.97 Å². The molecular formula is C12H13NO3. The van der Waals surface area contributed by atoms with E-state index in [-0.39, 0.29) is 6.61 Å². The van der Waals surface area contributed by atoms with Crippen molar-refractivity contribution in [3.63, 3.8) is 0 Å². The lowest BCUT2D eigenvalue weighted by Crippen LogP contribution is -2.05. The number of pyridine rings is 1. The van der Waals surface area contributed by atoms with Crippen LogP contribution in [0.1, 0.15) is 29.3 Å². The molecule has 4 nitrogen and oxygen atoms in total. The highest BCUT2D eigenvalue weighted by Gasteiger charge is 2.06. The van der Waals surface area contributed by atoms with Crippen LogP contribution in [0.2, 0.25) is 0 Å². The number of carbonyl (C=O) groups excluding carboxylic acids is 1. The van der Waals surface area contributed by atoms with Crippen molar-refractivity contribution < 1.29 is 14.6 Å². The van der Waals surface area contributed by atoms with E-state index < -0.39 is 5.97 Å². The van der Waals surface area contributed by atoms with Gasteiger partial charge in [-0.15, -0.1) is 0 Å². The van der Waals surface area contributed by atoms with Crippen molar-refractivity contribution in [3.05, 3.63) is 29.6 Å². The summed E-state index contributed by atoms with van der Waals surface area (Å²) in [6, 6.07) is 1.62. The molecule has 1 aromatic rings. The van der Waals surface area contributed by atoms with Gasteiger partial charge in [-0.2, -0.15) is 0 Å². The van der Waals surface area contributed by atoms with Crippen molar-refractivity contribution in [1.82, 2.24) is 4.98 Å². The Labute approximate surface area is 94.3 Å². The molecule has 1 aromatic heterocycles. The van der Waals surface area contributed by atoms with Crippen LogP contribution in [-0.4, -0.2) is 29.3 Å². The molecule has 0 atom stereocenters. The topological polar surface area (TPSA) is 59.4 Å². The zero-order chi connectivity index (χ0) is 11.8. The molecule has 4 heteroatoms. The Morgan fingerprint density at radius 2 is 2.38 bits per heavy atom. The van der Waals surface area contributed by atoms with E-state index in [4.69, 9.17) is 9.84 Å². The van der Waals surface area contributed by atoms with Gasteiger partial charge < -0.3 is 9.84 Å². The number of aliphatic hydroxyl groups is 1. The highest BCUT2D eigenvalue weighted by Crippen LogP contribution is 2.03. The Hall–Kier alpha value is -1.86. The number of hydrogen-bond acceptors (Lipinski definition) is 4. The van der Waals surface area contributed by atoms with Crippen molar-refractivity contribution in [1.29, 1.82) is 0 Å². The van der Waals surface area contributed by atoms with Gasteiger partial charge in [-0.05, 0) is 13.0 Å². The summed E-state index contributed by atoms with van der Waals surface area (Å²) < 4.78 is 4.84. The first-order chi connectivity index (χ1) is 7.77. The SMILES string of the molecule is CCOC(=O)c1cncc(C#CCCO)c1. The minimum Gasteiger partial charge on any atom is -0.462 e. The fourth-order valence-electron chi connectivity index (χ4n) is 1.05. The van der Waals surface area contributed by atoms with Crippen LogP contribution >= 0.6 is 0 Å². The number of rotatable bonds is 3. The van der Waals surface area contributed by atoms with E-state index >= 15 is 0 Å². The molecule has 84 valence electrons. The number of ether oxygens (including phenoxy) is 1. The third-order valence-corrected chi connectivity index (χ3v) is 1.72. The highest BCUT2D eigenvalue weighted by molar-refractivity contribution is 5.89. The van der Waals surface area contributed by atoms with Crippen LogP contribution < -0.4 is 0 Å². The zero-order valence-electron chi connectivity index (χ0n) is 9.06. The number of aliphatic hydroxyl groups excluding tert-OH is 1. The van der Waals surface area contributed by atoms with Gasteiger partial charge in [-0.1, -0.05) is 11.8 Å². The number of aromatic nitrogens is 1. The summed E-state index contributed by atoms with van der Waals surface area (Å²) in [5, 5.41) is 8.56. The first-order valence-electron chi connectivity index (χ1n) is 4.99. The van der Waals surface area contributed by atoms with Crippen LogP contribution in [-0.2, 0) is 4.74 Å². The Kier molecular flexibility index (Phi) is 5.03. The Morgan fingerprint density at radius 1 is 1.56 bits per heavy atom. The molecule has 0 amide bonds. The lowest BCUT2D eigenvalue weighted by Gasteiger charge is -2.00. The maximum absolute atomic E-state index is 11.4. The molecule has 0 fully saturated rings. The van der Waals surface area contributed by atoms with E-state index in [0.717, 1.165) is 0 Å². The van der Waals surface area contributed by atoms with E-state index in [0.29, 0.717) is 24.2 Å².